The van der Waals surface area contributed by atoms with Gasteiger partial charge in [-0.2, -0.15) is 0 Å². The Morgan fingerprint density at radius 1 is 1.48 bits per heavy atom. The normalized spacial score (nSPS) is 21.8. The summed E-state index contributed by atoms with van der Waals surface area (Å²) < 4.78 is 11.3. The molecule has 1 aromatic heterocycles. The first-order valence-corrected chi connectivity index (χ1v) is 7.59. The molecular weight excluding hydrogens is 266 g/mol. The van der Waals surface area contributed by atoms with E-state index in [1.165, 1.54) is 0 Å². The number of ketones is 1. The van der Waals surface area contributed by atoms with Crippen LogP contribution in [0.2, 0.25) is 0 Å². The molecule has 2 aromatic rings. The third-order valence-electron chi connectivity index (χ3n) is 3.96. The van der Waals surface area contributed by atoms with Crippen molar-refractivity contribution in [3.05, 3.63) is 30.0 Å². The molecule has 1 N–H and O–H groups in total. The van der Waals surface area contributed by atoms with E-state index in [-0.39, 0.29) is 17.8 Å². The number of H-pyrrole nitrogens is 1. The van der Waals surface area contributed by atoms with Crippen LogP contribution in [0.4, 0.5) is 0 Å². The molecule has 3 rings (SSSR count). The van der Waals surface area contributed by atoms with Crippen molar-refractivity contribution in [1.29, 1.82) is 0 Å². The van der Waals surface area contributed by atoms with E-state index < -0.39 is 0 Å². The van der Waals surface area contributed by atoms with Crippen LogP contribution in [0, 0.1) is 5.92 Å². The molecule has 4 heteroatoms. The number of Topliss-reactive ketones (excluding diaryl/α,β-unsaturated/α-hetero) is 1. The van der Waals surface area contributed by atoms with Crippen molar-refractivity contribution in [1.82, 2.24) is 4.98 Å². The third kappa shape index (κ3) is 2.68. The van der Waals surface area contributed by atoms with Crippen molar-refractivity contribution < 1.29 is 14.3 Å². The zero-order valence-electron chi connectivity index (χ0n) is 12.5. The van der Waals surface area contributed by atoms with Crippen LogP contribution in [-0.4, -0.2) is 30.1 Å². The SMILES string of the molecule is CCCOc1cccc2[nH]cc(C(=O)C3COC(C)C3)c12. The largest absolute Gasteiger partial charge is 0.493 e. The van der Waals surface area contributed by atoms with Crippen molar-refractivity contribution >= 4 is 16.7 Å². The summed E-state index contributed by atoms with van der Waals surface area (Å²) in [5.74, 6) is 0.891. The molecule has 1 saturated heterocycles. The number of carbonyl (C=O) groups is 1. The minimum Gasteiger partial charge on any atom is -0.493 e. The summed E-state index contributed by atoms with van der Waals surface area (Å²) in [6, 6.07) is 5.84. The highest BCUT2D eigenvalue weighted by Gasteiger charge is 2.30. The Labute approximate surface area is 124 Å². The van der Waals surface area contributed by atoms with E-state index in [2.05, 4.69) is 11.9 Å². The smallest absolute Gasteiger partial charge is 0.170 e. The second kappa shape index (κ2) is 5.90. The van der Waals surface area contributed by atoms with E-state index in [1.54, 1.807) is 6.20 Å². The van der Waals surface area contributed by atoms with Gasteiger partial charge in [0.05, 0.1) is 24.7 Å². The Hall–Kier alpha value is -1.81. The Bertz CT molecular complexity index is 647. The summed E-state index contributed by atoms with van der Waals surface area (Å²) >= 11 is 0. The van der Waals surface area contributed by atoms with Gasteiger partial charge in [-0.1, -0.05) is 13.0 Å². The zero-order chi connectivity index (χ0) is 14.8. The molecule has 1 aromatic carbocycles. The van der Waals surface area contributed by atoms with E-state index in [9.17, 15) is 4.79 Å². The average Bonchev–Trinajstić information content (AvgIpc) is 3.11. The Balaban J connectivity index is 1.96. The topological polar surface area (TPSA) is 51.3 Å². The summed E-state index contributed by atoms with van der Waals surface area (Å²) in [6.45, 7) is 5.25. The van der Waals surface area contributed by atoms with Gasteiger partial charge in [0.15, 0.2) is 5.78 Å². The van der Waals surface area contributed by atoms with Crippen LogP contribution in [0.25, 0.3) is 10.9 Å². The number of rotatable bonds is 5. The van der Waals surface area contributed by atoms with Crippen molar-refractivity contribution in [2.45, 2.75) is 32.8 Å². The maximum absolute atomic E-state index is 12.7. The van der Waals surface area contributed by atoms with E-state index in [1.807, 2.05) is 25.1 Å². The maximum atomic E-state index is 12.7. The first kappa shape index (κ1) is 14.1. The number of hydrogen-bond donors (Lipinski definition) is 1. The second-order valence-corrected chi connectivity index (χ2v) is 5.67. The molecule has 0 radical (unpaired) electrons. The van der Waals surface area contributed by atoms with Crippen molar-refractivity contribution in [3.63, 3.8) is 0 Å². The lowest BCUT2D eigenvalue weighted by molar-refractivity contribution is 0.0879. The Kier molecular flexibility index (Phi) is 3.97. The number of hydrogen-bond acceptors (Lipinski definition) is 3. The van der Waals surface area contributed by atoms with Gasteiger partial charge in [-0.15, -0.1) is 0 Å². The molecular formula is C17H21NO3. The molecule has 0 spiro atoms. The minimum absolute atomic E-state index is 0.0433. The molecule has 112 valence electrons. The number of ether oxygens (including phenoxy) is 2. The fraction of sp³-hybridized carbons (Fsp3) is 0.471. The predicted molar refractivity (Wildman–Crippen MR) is 81.9 cm³/mol. The summed E-state index contributed by atoms with van der Waals surface area (Å²) in [5, 5.41) is 0.899. The highest BCUT2D eigenvalue weighted by molar-refractivity contribution is 6.11. The van der Waals surface area contributed by atoms with E-state index in [4.69, 9.17) is 9.47 Å². The molecule has 0 saturated carbocycles. The predicted octanol–water partition coefficient (Wildman–Crippen LogP) is 3.56. The lowest BCUT2D eigenvalue weighted by atomic mass is 9.95. The average molecular weight is 287 g/mol. The van der Waals surface area contributed by atoms with Crippen LogP contribution in [0.3, 0.4) is 0 Å². The number of nitrogens with one attached hydrogen (secondary N) is 1. The first-order valence-electron chi connectivity index (χ1n) is 7.59. The lowest BCUT2D eigenvalue weighted by Crippen LogP contribution is -2.14. The summed E-state index contributed by atoms with van der Waals surface area (Å²) in [5.41, 5.74) is 1.67. The molecule has 0 bridgehead atoms. The quantitative estimate of drug-likeness (QED) is 0.855. The Morgan fingerprint density at radius 2 is 2.33 bits per heavy atom. The molecule has 1 aliphatic heterocycles. The van der Waals surface area contributed by atoms with Crippen LogP contribution in [0.1, 0.15) is 37.0 Å². The van der Waals surface area contributed by atoms with Gasteiger partial charge in [0.1, 0.15) is 5.75 Å². The molecule has 0 aliphatic carbocycles. The molecule has 2 unspecified atom stereocenters. The Morgan fingerprint density at radius 3 is 3.05 bits per heavy atom. The van der Waals surface area contributed by atoms with Gasteiger partial charge in [0.25, 0.3) is 0 Å². The highest BCUT2D eigenvalue weighted by Crippen LogP contribution is 2.32. The number of benzene rings is 1. The van der Waals surface area contributed by atoms with Gasteiger partial charge < -0.3 is 14.5 Å². The van der Waals surface area contributed by atoms with Crippen LogP contribution >= 0.6 is 0 Å². The van der Waals surface area contributed by atoms with E-state index in [0.29, 0.717) is 13.2 Å². The van der Waals surface area contributed by atoms with Crippen LogP contribution in [0.15, 0.2) is 24.4 Å². The van der Waals surface area contributed by atoms with E-state index in [0.717, 1.165) is 35.1 Å². The molecule has 4 nitrogen and oxygen atoms in total. The van der Waals surface area contributed by atoms with Crippen molar-refractivity contribution in [2.75, 3.05) is 13.2 Å². The van der Waals surface area contributed by atoms with Crippen molar-refractivity contribution in [2.24, 2.45) is 5.92 Å². The highest BCUT2D eigenvalue weighted by atomic mass is 16.5. The maximum Gasteiger partial charge on any atom is 0.170 e. The van der Waals surface area contributed by atoms with Gasteiger partial charge in [-0.3, -0.25) is 4.79 Å². The molecule has 1 fully saturated rings. The molecule has 21 heavy (non-hydrogen) atoms. The summed E-state index contributed by atoms with van der Waals surface area (Å²) in [6.07, 6.45) is 3.70. The van der Waals surface area contributed by atoms with Crippen LogP contribution in [0.5, 0.6) is 5.75 Å². The van der Waals surface area contributed by atoms with Gasteiger partial charge in [-0.05, 0) is 31.9 Å². The molecule has 1 aliphatic rings. The number of carbonyl (C=O) groups excluding carboxylic acids is 1. The zero-order valence-corrected chi connectivity index (χ0v) is 12.5. The van der Waals surface area contributed by atoms with Gasteiger partial charge in [0, 0.05) is 23.2 Å². The number of aromatic nitrogens is 1. The molecule has 2 heterocycles. The van der Waals surface area contributed by atoms with Gasteiger partial charge in [0.2, 0.25) is 0 Å². The summed E-state index contributed by atoms with van der Waals surface area (Å²) in [4.78, 5) is 15.9. The third-order valence-corrected chi connectivity index (χ3v) is 3.96. The van der Waals surface area contributed by atoms with Gasteiger partial charge >= 0.3 is 0 Å². The minimum atomic E-state index is -0.0433. The second-order valence-electron chi connectivity index (χ2n) is 5.67. The van der Waals surface area contributed by atoms with E-state index >= 15 is 0 Å². The standard InChI is InChI=1S/C17H21NO3/c1-3-7-20-15-6-4-5-14-16(15)13(9-18-14)17(19)12-8-11(2)21-10-12/h4-6,9,11-12,18H,3,7-8,10H2,1-2H3. The first-order chi connectivity index (χ1) is 10.2. The fourth-order valence-electron chi connectivity index (χ4n) is 2.90. The van der Waals surface area contributed by atoms with Gasteiger partial charge in [-0.25, -0.2) is 0 Å². The molecule has 0 amide bonds. The number of fused-ring (bicyclic) bond motifs is 1. The fourth-order valence-corrected chi connectivity index (χ4v) is 2.90. The van der Waals surface area contributed by atoms with Crippen LogP contribution in [-0.2, 0) is 4.74 Å². The van der Waals surface area contributed by atoms with Crippen molar-refractivity contribution in [3.8, 4) is 5.75 Å². The monoisotopic (exact) mass is 287 g/mol. The summed E-state index contributed by atoms with van der Waals surface area (Å²) in [7, 11) is 0. The number of aromatic amines is 1. The lowest BCUT2D eigenvalue weighted by Gasteiger charge is -2.09. The van der Waals surface area contributed by atoms with Crippen LogP contribution < -0.4 is 4.74 Å². The molecule has 2 atom stereocenters.